The van der Waals surface area contributed by atoms with Gasteiger partial charge in [0.05, 0.1) is 22.2 Å². The Bertz CT molecular complexity index is 796. The summed E-state index contributed by atoms with van der Waals surface area (Å²) in [4.78, 5) is 22.1. The summed E-state index contributed by atoms with van der Waals surface area (Å²) in [6.45, 7) is 3.80. The van der Waals surface area contributed by atoms with Gasteiger partial charge in [0.15, 0.2) is 5.13 Å². The summed E-state index contributed by atoms with van der Waals surface area (Å²) in [5.74, 6) is 0.294. The third-order valence-corrected chi connectivity index (χ3v) is 6.67. The molecule has 0 N–H and O–H groups in total. The van der Waals surface area contributed by atoms with E-state index in [9.17, 15) is 4.79 Å². The summed E-state index contributed by atoms with van der Waals surface area (Å²) in [6.07, 6.45) is 2.95. The fourth-order valence-electron chi connectivity index (χ4n) is 4.00. The number of piperidine rings is 1. The molecule has 25 heavy (non-hydrogen) atoms. The lowest BCUT2D eigenvalue weighted by Crippen LogP contribution is -2.50. The highest BCUT2D eigenvalue weighted by Crippen LogP contribution is 2.43. The minimum Gasteiger partial charge on any atom is -0.383 e. The van der Waals surface area contributed by atoms with Crippen molar-refractivity contribution in [3.05, 3.63) is 23.2 Å². The number of likely N-dealkylation sites (tertiary alicyclic amines) is 1. The van der Waals surface area contributed by atoms with Crippen molar-refractivity contribution in [3.8, 4) is 0 Å². The number of halogens is 1. The van der Waals surface area contributed by atoms with Crippen molar-refractivity contribution in [2.45, 2.75) is 19.3 Å². The molecule has 0 bridgehead atoms. The Kier molecular flexibility index (Phi) is 4.60. The number of ether oxygens (including phenoxy) is 1. The number of rotatable bonds is 4. The molecule has 1 atom stereocenters. The quantitative estimate of drug-likeness (QED) is 0.816. The number of amides is 1. The Morgan fingerprint density at radius 3 is 3.08 bits per heavy atom. The standard InChI is InChI=1S/C18H22ClN3O2S/c1-24-10-9-21-7-2-5-18(16(21)23)6-8-22(12-18)17-20-14-4-3-13(19)11-15(14)25-17/h3-4,11H,2,5-10,12H2,1H3. The van der Waals surface area contributed by atoms with Crippen LogP contribution in [0.2, 0.25) is 5.02 Å². The van der Waals surface area contributed by atoms with E-state index in [0.29, 0.717) is 19.1 Å². The molecule has 7 heteroatoms. The topological polar surface area (TPSA) is 45.7 Å². The molecular formula is C18H22ClN3O2S. The molecule has 0 aliphatic carbocycles. The molecule has 0 radical (unpaired) electrons. The van der Waals surface area contributed by atoms with Crippen LogP contribution < -0.4 is 4.90 Å². The monoisotopic (exact) mass is 379 g/mol. The van der Waals surface area contributed by atoms with Gasteiger partial charge in [0.1, 0.15) is 0 Å². The Balaban J connectivity index is 1.54. The Hall–Kier alpha value is -1.37. The summed E-state index contributed by atoms with van der Waals surface area (Å²) in [6, 6.07) is 5.79. The average molecular weight is 380 g/mol. The van der Waals surface area contributed by atoms with Gasteiger partial charge in [-0.1, -0.05) is 22.9 Å². The first kappa shape index (κ1) is 17.1. The number of carbonyl (C=O) groups is 1. The normalized spacial score (nSPS) is 24.0. The SMILES string of the molecule is COCCN1CCCC2(CCN(c3nc4ccc(Cl)cc4s3)C2)C1=O. The molecule has 2 aromatic rings. The van der Waals surface area contributed by atoms with Crippen molar-refractivity contribution in [2.75, 3.05) is 44.8 Å². The van der Waals surface area contributed by atoms with Gasteiger partial charge in [-0.15, -0.1) is 0 Å². The number of fused-ring (bicyclic) bond motifs is 1. The van der Waals surface area contributed by atoms with E-state index in [1.165, 1.54) is 0 Å². The van der Waals surface area contributed by atoms with E-state index in [2.05, 4.69) is 4.90 Å². The van der Waals surface area contributed by atoms with Crippen LogP contribution in [0.15, 0.2) is 18.2 Å². The predicted octanol–water partition coefficient (Wildman–Crippen LogP) is 3.42. The van der Waals surface area contributed by atoms with Crippen molar-refractivity contribution in [1.82, 2.24) is 9.88 Å². The fraction of sp³-hybridized carbons (Fsp3) is 0.556. The van der Waals surface area contributed by atoms with E-state index < -0.39 is 0 Å². The van der Waals surface area contributed by atoms with Crippen LogP contribution in [0, 0.1) is 5.41 Å². The van der Waals surface area contributed by atoms with Crippen LogP contribution >= 0.6 is 22.9 Å². The molecule has 3 heterocycles. The van der Waals surface area contributed by atoms with E-state index in [0.717, 1.165) is 59.3 Å². The van der Waals surface area contributed by atoms with Crippen molar-refractivity contribution < 1.29 is 9.53 Å². The third-order valence-electron chi connectivity index (χ3n) is 5.35. The van der Waals surface area contributed by atoms with Gasteiger partial charge in [0.25, 0.3) is 0 Å². The summed E-state index contributed by atoms with van der Waals surface area (Å²) in [7, 11) is 1.68. The van der Waals surface area contributed by atoms with Crippen LogP contribution in [0.3, 0.4) is 0 Å². The smallest absolute Gasteiger partial charge is 0.230 e. The lowest BCUT2D eigenvalue weighted by atomic mass is 9.78. The van der Waals surface area contributed by atoms with Gasteiger partial charge in [0.2, 0.25) is 5.91 Å². The minimum absolute atomic E-state index is 0.249. The van der Waals surface area contributed by atoms with Crippen molar-refractivity contribution in [2.24, 2.45) is 5.41 Å². The lowest BCUT2D eigenvalue weighted by Gasteiger charge is -2.39. The second-order valence-corrected chi connectivity index (χ2v) is 8.39. The van der Waals surface area contributed by atoms with E-state index in [4.69, 9.17) is 21.3 Å². The highest BCUT2D eigenvalue weighted by molar-refractivity contribution is 7.22. The van der Waals surface area contributed by atoms with Crippen molar-refractivity contribution in [1.29, 1.82) is 0 Å². The number of hydrogen-bond acceptors (Lipinski definition) is 5. The van der Waals surface area contributed by atoms with Crippen molar-refractivity contribution in [3.63, 3.8) is 0 Å². The van der Waals surface area contributed by atoms with Gasteiger partial charge in [-0.2, -0.15) is 0 Å². The Morgan fingerprint density at radius 2 is 2.24 bits per heavy atom. The molecule has 134 valence electrons. The molecular weight excluding hydrogens is 358 g/mol. The number of nitrogens with zero attached hydrogens (tertiary/aromatic N) is 3. The molecule has 2 fully saturated rings. The fourth-order valence-corrected chi connectivity index (χ4v) is 5.27. The molecule has 4 rings (SSSR count). The zero-order valence-electron chi connectivity index (χ0n) is 14.3. The molecule has 2 aliphatic rings. The zero-order valence-corrected chi connectivity index (χ0v) is 15.9. The van der Waals surface area contributed by atoms with E-state index in [1.54, 1.807) is 18.4 Å². The van der Waals surface area contributed by atoms with Crippen LogP contribution in [0.1, 0.15) is 19.3 Å². The minimum atomic E-state index is -0.249. The molecule has 2 aliphatic heterocycles. The highest BCUT2D eigenvalue weighted by atomic mass is 35.5. The molecule has 1 amide bonds. The lowest BCUT2D eigenvalue weighted by molar-refractivity contribution is -0.145. The third kappa shape index (κ3) is 3.11. The van der Waals surface area contributed by atoms with Gasteiger partial charge in [-0.05, 0) is 37.5 Å². The van der Waals surface area contributed by atoms with Gasteiger partial charge in [-0.25, -0.2) is 4.98 Å². The molecule has 2 saturated heterocycles. The number of carbonyl (C=O) groups excluding carboxylic acids is 1. The maximum absolute atomic E-state index is 13.1. The Labute approximate surface area is 156 Å². The van der Waals surface area contributed by atoms with Crippen LogP contribution in [0.5, 0.6) is 0 Å². The molecule has 1 aromatic heterocycles. The summed E-state index contributed by atoms with van der Waals surface area (Å²) in [5.41, 5.74) is 0.726. The number of aromatic nitrogens is 1. The molecule has 1 spiro atoms. The first-order chi connectivity index (χ1) is 12.1. The van der Waals surface area contributed by atoms with Gasteiger partial charge < -0.3 is 14.5 Å². The molecule has 5 nitrogen and oxygen atoms in total. The maximum atomic E-state index is 13.1. The van der Waals surface area contributed by atoms with Gasteiger partial charge in [-0.3, -0.25) is 4.79 Å². The van der Waals surface area contributed by atoms with E-state index in [-0.39, 0.29) is 5.41 Å². The molecule has 1 unspecified atom stereocenters. The maximum Gasteiger partial charge on any atom is 0.230 e. The second-order valence-electron chi connectivity index (χ2n) is 6.95. The predicted molar refractivity (Wildman–Crippen MR) is 102 cm³/mol. The van der Waals surface area contributed by atoms with E-state index >= 15 is 0 Å². The molecule has 1 aromatic carbocycles. The summed E-state index contributed by atoms with van der Waals surface area (Å²) >= 11 is 7.74. The van der Waals surface area contributed by atoms with E-state index in [1.807, 2.05) is 23.1 Å². The van der Waals surface area contributed by atoms with Gasteiger partial charge >= 0.3 is 0 Å². The van der Waals surface area contributed by atoms with Crippen LogP contribution in [0.4, 0.5) is 5.13 Å². The first-order valence-corrected chi connectivity index (χ1v) is 9.90. The van der Waals surface area contributed by atoms with Crippen molar-refractivity contribution >= 4 is 44.2 Å². The first-order valence-electron chi connectivity index (χ1n) is 8.71. The largest absolute Gasteiger partial charge is 0.383 e. The summed E-state index contributed by atoms with van der Waals surface area (Å²) in [5, 5.41) is 1.73. The molecule has 0 saturated carbocycles. The number of methoxy groups -OCH3 is 1. The number of anilines is 1. The highest BCUT2D eigenvalue weighted by Gasteiger charge is 2.48. The number of hydrogen-bond donors (Lipinski definition) is 0. The van der Waals surface area contributed by atoms with Gasteiger partial charge in [0, 0.05) is 38.3 Å². The van der Waals surface area contributed by atoms with Crippen LogP contribution in [-0.4, -0.2) is 55.7 Å². The second kappa shape index (κ2) is 6.74. The van der Waals surface area contributed by atoms with Crippen LogP contribution in [0.25, 0.3) is 10.2 Å². The number of thiazole rings is 1. The Morgan fingerprint density at radius 1 is 1.36 bits per heavy atom. The average Bonchev–Trinajstić information content (AvgIpc) is 3.21. The number of benzene rings is 1. The summed E-state index contributed by atoms with van der Waals surface area (Å²) < 4.78 is 6.25. The van der Waals surface area contributed by atoms with Crippen LogP contribution in [-0.2, 0) is 9.53 Å². The zero-order chi connectivity index (χ0) is 17.4.